The molecule has 1 aliphatic rings. The molecular weight excluding hydrogens is 439 g/mol. The fourth-order valence-corrected chi connectivity index (χ4v) is 3.89. The molecule has 1 atom stereocenters. The molecule has 164 valence electrons. The molecule has 0 bridgehead atoms. The standard InChI is InChI=1S/C23H24Cl2N2O4/c1-26(2)16-8-5-14(6-9-16)20-19(21(28)15-7-10-17(24)18(25)13-15)22(29)23(30)27(20)11-4-12-31-3/h5-10,13,20,28H,4,11-12H2,1-3H3/b21-19-. The number of hydrogen-bond acceptors (Lipinski definition) is 5. The van der Waals surface area contributed by atoms with Crippen molar-refractivity contribution in [3.05, 3.63) is 69.2 Å². The lowest BCUT2D eigenvalue weighted by Crippen LogP contribution is -2.31. The maximum absolute atomic E-state index is 13.0. The Bertz CT molecular complexity index is 1020. The summed E-state index contributed by atoms with van der Waals surface area (Å²) in [7, 11) is 5.43. The van der Waals surface area contributed by atoms with Crippen LogP contribution in [0.25, 0.3) is 5.76 Å². The van der Waals surface area contributed by atoms with Crippen LogP contribution in [0.5, 0.6) is 0 Å². The monoisotopic (exact) mass is 462 g/mol. The third-order valence-corrected chi connectivity index (χ3v) is 5.94. The summed E-state index contributed by atoms with van der Waals surface area (Å²) in [5.41, 5.74) is 2.05. The molecule has 1 saturated heterocycles. The summed E-state index contributed by atoms with van der Waals surface area (Å²) >= 11 is 12.1. The van der Waals surface area contributed by atoms with Crippen LogP contribution in [0, 0.1) is 0 Å². The van der Waals surface area contributed by atoms with Crippen LogP contribution >= 0.6 is 23.2 Å². The molecule has 1 aliphatic heterocycles. The molecule has 2 aromatic rings. The number of aliphatic hydroxyl groups excluding tert-OH is 1. The van der Waals surface area contributed by atoms with Crippen LogP contribution in [0.1, 0.15) is 23.6 Å². The number of Topliss-reactive ketones (excluding diaryl/α,β-unsaturated/α-hetero) is 1. The second kappa shape index (κ2) is 9.73. The minimum Gasteiger partial charge on any atom is -0.507 e. The van der Waals surface area contributed by atoms with E-state index in [-0.39, 0.29) is 16.4 Å². The quantitative estimate of drug-likeness (QED) is 0.283. The first kappa shape index (κ1) is 23.1. The summed E-state index contributed by atoms with van der Waals surface area (Å²) in [5.74, 6) is -1.67. The van der Waals surface area contributed by atoms with Crippen LogP contribution < -0.4 is 4.90 Å². The van der Waals surface area contributed by atoms with Gasteiger partial charge in [-0.25, -0.2) is 0 Å². The summed E-state index contributed by atoms with van der Waals surface area (Å²) in [6.45, 7) is 0.763. The number of ether oxygens (including phenoxy) is 1. The Morgan fingerprint density at radius 2 is 1.77 bits per heavy atom. The summed E-state index contributed by atoms with van der Waals surface area (Å²) in [4.78, 5) is 29.3. The van der Waals surface area contributed by atoms with Gasteiger partial charge in [0.2, 0.25) is 0 Å². The molecule has 2 aromatic carbocycles. The van der Waals surface area contributed by atoms with E-state index >= 15 is 0 Å². The SMILES string of the molecule is COCCCN1C(=O)C(=O)/C(=C(\O)c2ccc(Cl)c(Cl)c2)C1c1ccc(N(C)C)cc1. The lowest BCUT2D eigenvalue weighted by Gasteiger charge is -2.26. The van der Waals surface area contributed by atoms with Crippen LogP contribution in [0.3, 0.4) is 0 Å². The van der Waals surface area contributed by atoms with Crippen molar-refractivity contribution in [3.63, 3.8) is 0 Å². The number of rotatable bonds is 7. The van der Waals surface area contributed by atoms with Crippen molar-refractivity contribution >= 4 is 46.3 Å². The van der Waals surface area contributed by atoms with Crippen LogP contribution in [0.2, 0.25) is 10.0 Å². The van der Waals surface area contributed by atoms with Crippen molar-refractivity contribution < 1.29 is 19.4 Å². The Hall–Kier alpha value is -2.54. The zero-order chi connectivity index (χ0) is 22.7. The Balaban J connectivity index is 2.12. The minimum atomic E-state index is -0.734. The van der Waals surface area contributed by atoms with E-state index in [0.717, 1.165) is 11.3 Å². The number of nitrogens with zero attached hydrogens (tertiary/aromatic N) is 2. The van der Waals surface area contributed by atoms with Gasteiger partial charge in [-0.15, -0.1) is 0 Å². The number of amides is 1. The molecule has 1 amide bonds. The number of benzene rings is 2. The molecule has 0 aromatic heterocycles. The van der Waals surface area contributed by atoms with E-state index in [2.05, 4.69) is 0 Å². The zero-order valence-electron chi connectivity index (χ0n) is 17.6. The van der Waals surface area contributed by atoms with Gasteiger partial charge in [-0.1, -0.05) is 35.3 Å². The molecule has 0 saturated carbocycles. The van der Waals surface area contributed by atoms with Crippen LogP contribution in [0.4, 0.5) is 5.69 Å². The topological polar surface area (TPSA) is 70.1 Å². The molecule has 1 heterocycles. The summed E-state index contributed by atoms with van der Waals surface area (Å²) in [5, 5.41) is 11.6. The number of likely N-dealkylation sites (tertiary alicyclic amines) is 1. The maximum atomic E-state index is 13.0. The predicted molar refractivity (Wildman–Crippen MR) is 123 cm³/mol. The highest BCUT2D eigenvalue weighted by Crippen LogP contribution is 2.40. The molecule has 1 unspecified atom stereocenters. The van der Waals surface area contributed by atoms with E-state index in [1.165, 1.54) is 17.0 Å². The fourth-order valence-electron chi connectivity index (χ4n) is 3.59. The molecule has 0 aliphatic carbocycles. The third-order valence-electron chi connectivity index (χ3n) is 5.21. The number of anilines is 1. The van der Waals surface area contributed by atoms with E-state index in [4.69, 9.17) is 27.9 Å². The number of halogens is 2. The van der Waals surface area contributed by atoms with Crippen LogP contribution in [0.15, 0.2) is 48.0 Å². The minimum absolute atomic E-state index is 0.0263. The van der Waals surface area contributed by atoms with Gasteiger partial charge in [-0.3, -0.25) is 9.59 Å². The molecule has 6 nitrogen and oxygen atoms in total. The highest BCUT2D eigenvalue weighted by atomic mass is 35.5. The fraction of sp³-hybridized carbons (Fsp3) is 0.304. The van der Waals surface area contributed by atoms with Crippen LogP contribution in [-0.4, -0.2) is 56.1 Å². The molecule has 1 fully saturated rings. The normalized spacial score (nSPS) is 18.0. The van der Waals surface area contributed by atoms with Gasteiger partial charge in [-0.05, 0) is 42.3 Å². The lowest BCUT2D eigenvalue weighted by atomic mass is 9.95. The molecule has 31 heavy (non-hydrogen) atoms. The van der Waals surface area contributed by atoms with Gasteiger partial charge < -0.3 is 19.6 Å². The van der Waals surface area contributed by atoms with Gasteiger partial charge in [0.05, 0.1) is 21.7 Å². The summed E-state index contributed by atoms with van der Waals surface area (Å²) in [6.07, 6.45) is 0.558. The first-order chi connectivity index (χ1) is 14.8. The predicted octanol–water partition coefficient (Wildman–Crippen LogP) is 4.52. The second-order valence-electron chi connectivity index (χ2n) is 7.45. The maximum Gasteiger partial charge on any atom is 0.295 e. The van der Waals surface area contributed by atoms with Gasteiger partial charge in [-0.2, -0.15) is 0 Å². The average Bonchev–Trinajstić information content (AvgIpc) is 3.00. The van der Waals surface area contributed by atoms with Gasteiger partial charge in [0, 0.05) is 45.6 Å². The van der Waals surface area contributed by atoms with Crippen molar-refractivity contribution in [1.82, 2.24) is 4.90 Å². The van der Waals surface area contributed by atoms with Gasteiger partial charge >= 0.3 is 0 Å². The van der Waals surface area contributed by atoms with Crippen molar-refractivity contribution in [2.45, 2.75) is 12.5 Å². The molecule has 8 heteroatoms. The highest BCUT2D eigenvalue weighted by molar-refractivity contribution is 6.46. The zero-order valence-corrected chi connectivity index (χ0v) is 19.1. The van der Waals surface area contributed by atoms with E-state index in [1.807, 2.05) is 43.3 Å². The number of aliphatic hydroxyl groups is 1. The number of methoxy groups -OCH3 is 1. The number of carbonyl (C=O) groups is 2. The summed E-state index contributed by atoms with van der Waals surface area (Å²) in [6, 6.07) is 11.4. The molecule has 0 spiro atoms. The van der Waals surface area contributed by atoms with E-state index in [9.17, 15) is 14.7 Å². The first-order valence-electron chi connectivity index (χ1n) is 9.76. The Morgan fingerprint density at radius 3 is 2.35 bits per heavy atom. The number of ketones is 1. The van der Waals surface area contributed by atoms with Gasteiger partial charge in [0.15, 0.2) is 0 Å². The van der Waals surface area contributed by atoms with Crippen molar-refractivity contribution in [2.24, 2.45) is 0 Å². The van der Waals surface area contributed by atoms with Crippen molar-refractivity contribution in [2.75, 3.05) is 39.3 Å². The smallest absolute Gasteiger partial charge is 0.295 e. The van der Waals surface area contributed by atoms with E-state index < -0.39 is 17.7 Å². The number of hydrogen-bond donors (Lipinski definition) is 1. The van der Waals surface area contributed by atoms with Gasteiger partial charge in [0.1, 0.15) is 5.76 Å². The molecule has 3 rings (SSSR count). The average molecular weight is 463 g/mol. The van der Waals surface area contributed by atoms with E-state index in [1.54, 1.807) is 13.2 Å². The second-order valence-corrected chi connectivity index (χ2v) is 8.27. The number of carbonyl (C=O) groups excluding carboxylic acids is 2. The highest BCUT2D eigenvalue weighted by Gasteiger charge is 2.45. The van der Waals surface area contributed by atoms with Crippen LogP contribution in [-0.2, 0) is 14.3 Å². The largest absolute Gasteiger partial charge is 0.507 e. The molecule has 1 N–H and O–H groups in total. The van der Waals surface area contributed by atoms with E-state index in [0.29, 0.717) is 30.2 Å². The molecule has 0 radical (unpaired) electrons. The Kier molecular flexibility index (Phi) is 7.26. The van der Waals surface area contributed by atoms with Crippen molar-refractivity contribution in [1.29, 1.82) is 0 Å². The third kappa shape index (κ3) is 4.71. The first-order valence-corrected chi connectivity index (χ1v) is 10.5. The van der Waals surface area contributed by atoms with Gasteiger partial charge in [0.25, 0.3) is 11.7 Å². The Morgan fingerprint density at radius 1 is 1.10 bits per heavy atom. The summed E-state index contributed by atoms with van der Waals surface area (Å²) < 4.78 is 5.10. The van der Waals surface area contributed by atoms with Crippen molar-refractivity contribution in [3.8, 4) is 0 Å². The Labute approximate surface area is 191 Å². The molecular formula is C23H24Cl2N2O4. The lowest BCUT2D eigenvalue weighted by molar-refractivity contribution is -0.140.